The Bertz CT molecular complexity index is 1000. The second-order valence-corrected chi connectivity index (χ2v) is 5.90. The van der Waals surface area contributed by atoms with Crippen LogP contribution in [-0.4, -0.2) is 0 Å². The van der Waals surface area contributed by atoms with Gasteiger partial charge in [-0.25, -0.2) is 4.39 Å². The number of benzene rings is 3. The van der Waals surface area contributed by atoms with E-state index in [1.54, 1.807) is 12.1 Å². The molecule has 120 valence electrons. The molecule has 0 atom stereocenters. The molecule has 0 nitrogen and oxygen atoms in total. The Morgan fingerprint density at radius 1 is 0.600 bits per heavy atom. The highest BCUT2D eigenvalue weighted by atomic mass is 19.1. The maximum absolute atomic E-state index is 12.9. The van der Waals surface area contributed by atoms with Crippen LogP contribution in [-0.2, 0) is 0 Å². The van der Waals surface area contributed by atoms with Gasteiger partial charge in [0.25, 0.3) is 0 Å². The maximum Gasteiger partial charge on any atom is 0.123 e. The van der Waals surface area contributed by atoms with Crippen LogP contribution in [0.4, 0.5) is 4.39 Å². The zero-order chi connectivity index (χ0) is 17.6. The lowest BCUT2D eigenvalue weighted by molar-refractivity contribution is 0.627. The van der Waals surface area contributed by atoms with E-state index >= 15 is 0 Å². The molecule has 0 saturated heterocycles. The van der Waals surface area contributed by atoms with Gasteiger partial charge in [0.2, 0.25) is 0 Å². The van der Waals surface area contributed by atoms with E-state index in [1.165, 1.54) is 17.7 Å². The first kappa shape index (κ1) is 16.6. The Hall–Kier alpha value is -3.29. The minimum Gasteiger partial charge on any atom is -0.207 e. The van der Waals surface area contributed by atoms with E-state index in [1.807, 2.05) is 37.3 Å². The van der Waals surface area contributed by atoms with Crippen LogP contribution in [0.1, 0.15) is 33.4 Å². The van der Waals surface area contributed by atoms with Crippen LogP contribution in [0.5, 0.6) is 0 Å². The topological polar surface area (TPSA) is 0 Å². The lowest BCUT2D eigenvalue weighted by atomic mass is 10.0. The molecule has 0 bridgehead atoms. The molecule has 3 aromatic carbocycles. The lowest BCUT2D eigenvalue weighted by Gasteiger charge is -1.99. The predicted octanol–water partition coefficient (Wildman–Crippen LogP) is 5.24. The van der Waals surface area contributed by atoms with Crippen molar-refractivity contribution in [1.29, 1.82) is 0 Å². The number of halogens is 1. The predicted molar refractivity (Wildman–Crippen MR) is 101 cm³/mol. The molecule has 0 aliphatic heterocycles. The largest absolute Gasteiger partial charge is 0.207 e. The molecule has 25 heavy (non-hydrogen) atoms. The van der Waals surface area contributed by atoms with Crippen LogP contribution in [0.15, 0.2) is 66.7 Å². The number of hydrogen-bond donors (Lipinski definition) is 0. The number of hydrogen-bond acceptors (Lipinski definition) is 0. The van der Waals surface area contributed by atoms with Gasteiger partial charge >= 0.3 is 0 Å². The van der Waals surface area contributed by atoms with Crippen molar-refractivity contribution in [2.45, 2.75) is 13.8 Å². The molecule has 0 aromatic heterocycles. The summed E-state index contributed by atoms with van der Waals surface area (Å²) in [7, 11) is 0. The van der Waals surface area contributed by atoms with E-state index in [0.29, 0.717) is 0 Å². The SMILES string of the molecule is Cc1ccc(C#Cc2ccc(C#Cc3ccc(F)cc3)c(C)c2)cc1. The minimum atomic E-state index is -0.252. The van der Waals surface area contributed by atoms with Crippen molar-refractivity contribution in [1.82, 2.24) is 0 Å². The fraction of sp³-hybridized carbons (Fsp3) is 0.0833. The first-order valence-electron chi connectivity index (χ1n) is 8.07. The zero-order valence-electron chi connectivity index (χ0n) is 14.2. The molecule has 0 spiro atoms. The molecule has 0 aliphatic rings. The summed E-state index contributed by atoms with van der Waals surface area (Å²) in [5, 5.41) is 0. The van der Waals surface area contributed by atoms with Gasteiger partial charge in [-0.1, -0.05) is 41.4 Å². The van der Waals surface area contributed by atoms with E-state index in [-0.39, 0.29) is 5.82 Å². The highest BCUT2D eigenvalue weighted by Gasteiger charge is 1.96. The van der Waals surface area contributed by atoms with Crippen LogP contribution in [0.25, 0.3) is 0 Å². The van der Waals surface area contributed by atoms with E-state index in [0.717, 1.165) is 27.8 Å². The molecule has 0 fully saturated rings. The first-order valence-corrected chi connectivity index (χ1v) is 8.07. The van der Waals surface area contributed by atoms with Gasteiger partial charge < -0.3 is 0 Å². The molecule has 0 aliphatic carbocycles. The van der Waals surface area contributed by atoms with Gasteiger partial charge in [-0.05, 0) is 74.0 Å². The summed E-state index contributed by atoms with van der Waals surface area (Å²) in [4.78, 5) is 0. The van der Waals surface area contributed by atoms with Crippen LogP contribution in [0.2, 0.25) is 0 Å². The molecule has 0 heterocycles. The Labute approximate surface area is 148 Å². The summed E-state index contributed by atoms with van der Waals surface area (Å²) in [5.41, 5.74) is 6.01. The Morgan fingerprint density at radius 3 is 1.76 bits per heavy atom. The van der Waals surface area contributed by atoms with Crippen molar-refractivity contribution in [3.63, 3.8) is 0 Å². The minimum absolute atomic E-state index is 0.252. The second kappa shape index (κ2) is 7.52. The van der Waals surface area contributed by atoms with Crippen molar-refractivity contribution in [2.75, 3.05) is 0 Å². The third kappa shape index (κ3) is 4.60. The standard InChI is InChI=1S/C24H17F/c1-18-3-5-20(6-4-18)7-8-22-10-14-23(19(2)17-22)13-9-21-11-15-24(25)16-12-21/h3-6,10-12,14-17H,1-2H3. The van der Waals surface area contributed by atoms with Crippen molar-refractivity contribution in [3.05, 3.63) is 106 Å². The van der Waals surface area contributed by atoms with Crippen molar-refractivity contribution < 1.29 is 4.39 Å². The average molecular weight is 324 g/mol. The van der Waals surface area contributed by atoms with Gasteiger partial charge in [-0.2, -0.15) is 0 Å². The molecule has 0 N–H and O–H groups in total. The molecule has 0 saturated carbocycles. The number of rotatable bonds is 0. The maximum atomic E-state index is 12.9. The third-order valence-electron chi connectivity index (χ3n) is 3.81. The van der Waals surface area contributed by atoms with Crippen molar-refractivity contribution >= 4 is 0 Å². The Kier molecular flexibility index (Phi) is 4.98. The second-order valence-electron chi connectivity index (χ2n) is 5.90. The Morgan fingerprint density at radius 2 is 1.12 bits per heavy atom. The van der Waals surface area contributed by atoms with Crippen LogP contribution >= 0.6 is 0 Å². The highest BCUT2D eigenvalue weighted by Crippen LogP contribution is 2.10. The monoisotopic (exact) mass is 324 g/mol. The summed E-state index contributed by atoms with van der Waals surface area (Å²) in [6, 6.07) is 20.4. The van der Waals surface area contributed by atoms with Crippen molar-refractivity contribution in [3.8, 4) is 23.7 Å². The molecular formula is C24H17F. The molecule has 3 rings (SSSR count). The van der Waals surface area contributed by atoms with Gasteiger partial charge in [0.1, 0.15) is 5.82 Å². The lowest BCUT2D eigenvalue weighted by Crippen LogP contribution is -1.85. The van der Waals surface area contributed by atoms with E-state index in [9.17, 15) is 4.39 Å². The molecule has 0 unspecified atom stereocenters. The molecule has 0 radical (unpaired) electrons. The summed E-state index contributed by atoms with van der Waals surface area (Å²) in [6.07, 6.45) is 0. The molecule has 3 aromatic rings. The average Bonchev–Trinajstić information content (AvgIpc) is 2.62. The van der Waals surface area contributed by atoms with E-state index < -0.39 is 0 Å². The summed E-state index contributed by atoms with van der Waals surface area (Å²) in [6.45, 7) is 4.08. The zero-order valence-corrected chi connectivity index (χ0v) is 14.2. The van der Waals surface area contributed by atoms with Gasteiger partial charge in [-0.3, -0.25) is 0 Å². The van der Waals surface area contributed by atoms with Gasteiger partial charge in [0, 0.05) is 22.3 Å². The van der Waals surface area contributed by atoms with Crippen LogP contribution in [0.3, 0.4) is 0 Å². The number of aryl methyl sites for hydroxylation is 2. The smallest absolute Gasteiger partial charge is 0.123 e. The van der Waals surface area contributed by atoms with Crippen LogP contribution < -0.4 is 0 Å². The van der Waals surface area contributed by atoms with Crippen molar-refractivity contribution in [2.24, 2.45) is 0 Å². The Balaban J connectivity index is 1.80. The summed E-state index contributed by atoms with van der Waals surface area (Å²) in [5.74, 6) is 12.3. The third-order valence-corrected chi connectivity index (χ3v) is 3.81. The fourth-order valence-corrected chi connectivity index (χ4v) is 2.34. The molecule has 1 heteroatoms. The van der Waals surface area contributed by atoms with Gasteiger partial charge in [0.15, 0.2) is 0 Å². The fourth-order valence-electron chi connectivity index (χ4n) is 2.34. The van der Waals surface area contributed by atoms with Gasteiger partial charge in [0.05, 0.1) is 0 Å². The quantitative estimate of drug-likeness (QED) is 0.496. The van der Waals surface area contributed by atoms with Gasteiger partial charge in [-0.15, -0.1) is 0 Å². The van der Waals surface area contributed by atoms with E-state index in [4.69, 9.17) is 0 Å². The van der Waals surface area contributed by atoms with E-state index in [2.05, 4.69) is 42.7 Å². The summed E-state index contributed by atoms with van der Waals surface area (Å²) >= 11 is 0. The summed E-state index contributed by atoms with van der Waals surface area (Å²) < 4.78 is 12.9. The highest BCUT2D eigenvalue weighted by molar-refractivity contribution is 5.51. The first-order chi connectivity index (χ1) is 12.1. The van der Waals surface area contributed by atoms with Crippen LogP contribution in [0, 0.1) is 43.3 Å². The normalized spacial score (nSPS) is 9.56. The molecular weight excluding hydrogens is 307 g/mol. The molecule has 0 amide bonds.